The van der Waals surface area contributed by atoms with Gasteiger partial charge in [0.25, 0.3) is 0 Å². The predicted octanol–water partition coefficient (Wildman–Crippen LogP) is 1.97. The van der Waals surface area contributed by atoms with Crippen LogP contribution >= 0.6 is 0 Å². The highest BCUT2D eigenvalue weighted by atomic mass is 16.5. The third kappa shape index (κ3) is 3.55. The average molecular weight is 265 g/mol. The van der Waals surface area contributed by atoms with Crippen molar-refractivity contribution in [2.24, 2.45) is 0 Å². The number of aliphatic hydroxyl groups is 1. The fraction of sp³-hybridized carbons (Fsp3) is 0.533. The summed E-state index contributed by atoms with van der Waals surface area (Å²) in [6, 6.07) is 7.06. The summed E-state index contributed by atoms with van der Waals surface area (Å²) in [5.74, 6) is 0.766. The molecular formula is C15H23NO3. The molecule has 0 bridgehead atoms. The zero-order valence-electron chi connectivity index (χ0n) is 12.1. The van der Waals surface area contributed by atoms with Gasteiger partial charge in [-0.15, -0.1) is 0 Å². The van der Waals surface area contributed by atoms with E-state index in [1.165, 1.54) is 0 Å². The van der Waals surface area contributed by atoms with Gasteiger partial charge in [0.2, 0.25) is 0 Å². The molecule has 0 aliphatic carbocycles. The molecule has 0 saturated carbocycles. The van der Waals surface area contributed by atoms with Gasteiger partial charge in [-0.2, -0.15) is 0 Å². The summed E-state index contributed by atoms with van der Waals surface area (Å²) in [5, 5.41) is 8.69. The lowest BCUT2D eigenvalue weighted by molar-refractivity contribution is 0.0710. The Balaban J connectivity index is 2.88. The second kappa shape index (κ2) is 6.68. The van der Waals surface area contributed by atoms with Crippen molar-refractivity contribution < 1.29 is 14.6 Å². The van der Waals surface area contributed by atoms with Gasteiger partial charge in [0.15, 0.2) is 5.78 Å². The summed E-state index contributed by atoms with van der Waals surface area (Å²) in [6.45, 7) is 4.20. The minimum absolute atomic E-state index is 0.0186. The third-order valence-corrected chi connectivity index (χ3v) is 3.64. The number of ether oxygens (including phenoxy) is 1. The van der Waals surface area contributed by atoms with Gasteiger partial charge in [-0.3, -0.25) is 9.69 Å². The molecule has 0 saturated heterocycles. The Labute approximate surface area is 115 Å². The molecule has 1 atom stereocenters. The Morgan fingerprint density at radius 1 is 1.32 bits per heavy atom. The molecule has 4 nitrogen and oxygen atoms in total. The van der Waals surface area contributed by atoms with Crippen LogP contribution in [-0.2, 0) is 0 Å². The molecule has 1 N–H and O–H groups in total. The molecule has 1 unspecified atom stereocenters. The van der Waals surface area contributed by atoms with Gasteiger partial charge < -0.3 is 9.84 Å². The van der Waals surface area contributed by atoms with Crippen LogP contribution < -0.4 is 4.74 Å². The van der Waals surface area contributed by atoms with Crippen LogP contribution in [0.4, 0.5) is 0 Å². The van der Waals surface area contributed by atoms with Crippen LogP contribution in [0, 0.1) is 0 Å². The summed E-state index contributed by atoms with van der Waals surface area (Å²) < 4.78 is 5.28. The van der Waals surface area contributed by atoms with Gasteiger partial charge in [-0.25, -0.2) is 0 Å². The van der Waals surface area contributed by atoms with Crippen LogP contribution in [-0.4, -0.2) is 48.6 Å². The van der Waals surface area contributed by atoms with E-state index in [-0.39, 0.29) is 19.0 Å². The summed E-state index contributed by atoms with van der Waals surface area (Å²) in [6.07, 6.45) is 0.752. The van der Waals surface area contributed by atoms with Crippen molar-refractivity contribution in [3.05, 3.63) is 29.8 Å². The van der Waals surface area contributed by atoms with Crippen LogP contribution in [0.5, 0.6) is 5.75 Å². The smallest absolute Gasteiger partial charge is 0.182 e. The van der Waals surface area contributed by atoms with Gasteiger partial charge in [0.1, 0.15) is 12.4 Å². The molecule has 4 heteroatoms. The first-order valence-electron chi connectivity index (χ1n) is 6.51. The number of likely N-dealkylation sites (N-methyl/N-ethyl adjacent to an activating group) is 1. The number of benzene rings is 1. The second-order valence-corrected chi connectivity index (χ2v) is 4.95. The lowest BCUT2D eigenvalue weighted by Crippen LogP contribution is -2.48. The van der Waals surface area contributed by atoms with Crippen molar-refractivity contribution in [1.82, 2.24) is 4.90 Å². The van der Waals surface area contributed by atoms with Crippen LogP contribution in [0.2, 0.25) is 0 Å². The average Bonchev–Trinajstić information content (AvgIpc) is 2.43. The molecule has 0 aliphatic heterocycles. The van der Waals surface area contributed by atoms with E-state index in [1.54, 1.807) is 24.3 Å². The van der Waals surface area contributed by atoms with Gasteiger partial charge >= 0.3 is 0 Å². The predicted molar refractivity (Wildman–Crippen MR) is 75.7 cm³/mol. The molecule has 0 aliphatic rings. The van der Waals surface area contributed by atoms with E-state index in [1.807, 2.05) is 32.8 Å². The van der Waals surface area contributed by atoms with Crippen LogP contribution in [0.15, 0.2) is 24.3 Å². The van der Waals surface area contributed by atoms with Gasteiger partial charge in [-0.05, 0) is 51.7 Å². The van der Waals surface area contributed by atoms with E-state index < -0.39 is 5.54 Å². The van der Waals surface area contributed by atoms with Crippen LogP contribution in [0.25, 0.3) is 0 Å². The van der Waals surface area contributed by atoms with E-state index >= 15 is 0 Å². The SMILES string of the molecule is CCC(C)(C(=O)c1ccc(OCCO)cc1)N(C)C. The summed E-state index contributed by atoms with van der Waals surface area (Å²) in [5.41, 5.74) is 0.183. The van der Waals surface area contributed by atoms with Crippen LogP contribution in [0.1, 0.15) is 30.6 Å². The standard InChI is InChI=1S/C15H23NO3/c1-5-15(2,16(3)4)14(18)12-6-8-13(9-7-12)19-11-10-17/h6-9,17H,5,10-11H2,1-4H3. The van der Waals surface area contributed by atoms with Crippen molar-refractivity contribution in [2.45, 2.75) is 25.8 Å². The third-order valence-electron chi connectivity index (χ3n) is 3.64. The Kier molecular flexibility index (Phi) is 5.51. The quantitative estimate of drug-likeness (QED) is 0.766. The lowest BCUT2D eigenvalue weighted by Gasteiger charge is -2.34. The number of aliphatic hydroxyl groups excluding tert-OH is 1. The monoisotopic (exact) mass is 265 g/mol. The van der Waals surface area contributed by atoms with E-state index in [0.717, 1.165) is 6.42 Å². The highest BCUT2D eigenvalue weighted by Gasteiger charge is 2.34. The zero-order chi connectivity index (χ0) is 14.5. The number of carbonyl (C=O) groups is 1. The first-order chi connectivity index (χ1) is 8.95. The number of rotatable bonds is 7. The van der Waals surface area contributed by atoms with Crippen molar-refractivity contribution in [1.29, 1.82) is 0 Å². The van der Waals surface area contributed by atoms with Gasteiger partial charge in [-0.1, -0.05) is 6.92 Å². The van der Waals surface area contributed by atoms with Crippen molar-refractivity contribution >= 4 is 5.78 Å². The molecule has 0 aromatic heterocycles. The van der Waals surface area contributed by atoms with E-state index in [0.29, 0.717) is 11.3 Å². The maximum absolute atomic E-state index is 12.5. The number of Topliss-reactive ketones (excluding diaryl/α,β-unsaturated/α-hetero) is 1. The molecule has 1 aromatic rings. The van der Waals surface area contributed by atoms with E-state index in [4.69, 9.17) is 9.84 Å². The maximum Gasteiger partial charge on any atom is 0.182 e. The Morgan fingerprint density at radius 3 is 2.32 bits per heavy atom. The maximum atomic E-state index is 12.5. The molecule has 0 heterocycles. The Bertz CT molecular complexity index is 414. The van der Waals surface area contributed by atoms with Crippen molar-refractivity contribution in [3.8, 4) is 5.75 Å². The molecule has 0 amide bonds. The molecule has 106 valence electrons. The van der Waals surface area contributed by atoms with E-state index in [9.17, 15) is 4.79 Å². The number of nitrogens with zero attached hydrogens (tertiary/aromatic N) is 1. The summed E-state index contributed by atoms with van der Waals surface area (Å²) in [7, 11) is 3.83. The molecule has 19 heavy (non-hydrogen) atoms. The minimum Gasteiger partial charge on any atom is -0.491 e. The highest BCUT2D eigenvalue weighted by Crippen LogP contribution is 2.23. The molecule has 1 aromatic carbocycles. The number of hydrogen-bond acceptors (Lipinski definition) is 4. The summed E-state index contributed by atoms with van der Waals surface area (Å²) >= 11 is 0. The fourth-order valence-corrected chi connectivity index (χ4v) is 1.86. The molecule has 1 rings (SSSR count). The topological polar surface area (TPSA) is 49.8 Å². The Morgan fingerprint density at radius 2 is 1.89 bits per heavy atom. The largest absolute Gasteiger partial charge is 0.491 e. The highest BCUT2D eigenvalue weighted by molar-refractivity contribution is 6.03. The second-order valence-electron chi connectivity index (χ2n) is 4.95. The summed E-state index contributed by atoms with van der Waals surface area (Å²) in [4.78, 5) is 14.5. The number of carbonyl (C=O) groups excluding carboxylic acids is 1. The first kappa shape index (κ1) is 15.7. The molecule has 0 radical (unpaired) electrons. The number of hydrogen-bond donors (Lipinski definition) is 1. The fourth-order valence-electron chi connectivity index (χ4n) is 1.86. The zero-order valence-corrected chi connectivity index (χ0v) is 12.1. The number of ketones is 1. The molecular weight excluding hydrogens is 242 g/mol. The van der Waals surface area contributed by atoms with Crippen LogP contribution in [0.3, 0.4) is 0 Å². The van der Waals surface area contributed by atoms with E-state index in [2.05, 4.69) is 0 Å². The lowest BCUT2D eigenvalue weighted by atomic mass is 9.87. The van der Waals surface area contributed by atoms with Gasteiger partial charge in [0, 0.05) is 5.56 Å². The Hall–Kier alpha value is -1.39. The van der Waals surface area contributed by atoms with Crippen molar-refractivity contribution in [2.75, 3.05) is 27.3 Å². The minimum atomic E-state index is -0.493. The normalized spacial score (nSPS) is 14.2. The first-order valence-corrected chi connectivity index (χ1v) is 6.51. The molecule has 0 spiro atoms. The van der Waals surface area contributed by atoms with Crippen molar-refractivity contribution in [3.63, 3.8) is 0 Å². The molecule has 0 fully saturated rings. The van der Waals surface area contributed by atoms with Gasteiger partial charge in [0.05, 0.1) is 12.1 Å².